The molecule has 0 aromatic carbocycles. The van der Waals surface area contributed by atoms with Gasteiger partial charge in [-0.3, -0.25) is 4.79 Å². The van der Waals surface area contributed by atoms with Gasteiger partial charge in [-0.1, -0.05) is 34.8 Å². The molecule has 2 aromatic heterocycles. The van der Waals surface area contributed by atoms with Crippen molar-refractivity contribution in [2.75, 3.05) is 14.2 Å². The van der Waals surface area contributed by atoms with Gasteiger partial charge in [0.1, 0.15) is 0 Å². The highest BCUT2D eigenvalue weighted by atomic mass is 35.5. The number of halogens is 3. The highest BCUT2D eigenvalue weighted by molar-refractivity contribution is 6.32. The molecule has 20 heavy (non-hydrogen) atoms. The summed E-state index contributed by atoms with van der Waals surface area (Å²) in [5, 5.41) is 13.3. The third-order valence-corrected chi connectivity index (χ3v) is 2.51. The van der Waals surface area contributed by atoms with Crippen LogP contribution in [-0.4, -0.2) is 34.6 Å². The number of rotatable bonds is 2. The summed E-state index contributed by atoms with van der Waals surface area (Å²) < 4.78 is 9.46. The highest BCUT2D eigenvalue weighted by Crippen LogP contribution is 2.22. The molecule has 0 saturated heterocycles. The Labute approximate surface area is 128 Å². The van der Waals surface area contributed by atoms with Crippen molar-refractivity contribution in [3.05, 3.63) is 37.9 Å². The highest BCUT2D eigenvalue weighted by Gasteiger charge is 2.02. The normalized spacial score (nSPS) is 9.45. The van der Waals surface area contributed by atoms with E-state index in [4.69, 9.17) is 39.5 Å². The molecule has 0 aliphatic carbocycles. The summed E-state index contributed by atoms with van der Waals surface area (Å²) in [6.45, 7) is 0. The fourth-order valence-corrected chi connectivity index (χ4v) is 1.45. The molecule has 0 unspecified atom stereocenters. The van der Waals surface area contributed by atoms with Gasteiger partial charge in [0.15, 0.2) is 27.0 Å². The monoisotopic (exact) mass is 338 g/mol. The molecule has 0 aliphatic rings. The third kappa shape index (κ3) is 4.84. The maximum atomic E-state index is 10.7. The molecule has 0 atom stereocenters. The Morgan fingerprint density at radius 2 is 1.60 bits per heavy atom. The topological polar surface area (TPSA) is 90.0 Å². The van der Waals surface area contributed by atoms with Crippen molar-refractivity contribution >= 4 is 34.8 Å². The fourth-order valence-electron chi connectivity index (χ4n) is 0.998. The van der Waals surface area contributed by atoms with Crippen LogP contribution in [0.15, 0.2) is 16.9 Å². The Morgan fingerprint density at radius 1 is 1.00 bits per heavy atom. The van der Waals surface area contributed by atoms with E-state index in [9.17, 15) is 4.79 Å². The number of ether oxygens (including phenoxy) is 2. The summed E-state index contributed by atoms with van der Waals surface area (Å²) in [6.07, 6.45) is 0. The van der Waals surface area contributed by atoms with Crippen LogP contribution in [0.25, 0.3) is 0 Å². The van der Waals surface area contributed by atoms with E-state index in [-0.39, 0.29) is 26.8 Å². The number of aromatic nitrogens is 4. The molecule has 0 spiro atoms. The van der Waals surface area contributed by atoms with E-state index in [1.807, 2.05) is 0 Å². The lowest BCUT2D eigenvalue weighted by molar-refractivity contribution is 0.406. The molecule has 0 amide bonds. The zero-order valence-electron chi connectivity index (χ0n) is 10.4. The molecule has 2 heterocycles. The van der Waals surface area contributed by atoms with Crippen LogP contribution in [0, 0.1) is 0 Å². The molecular weight excluding hydrogens is 330 g/mol. The van der Waals surface area contributed by atoms with Crippen LogP contribution >= 0.6 is 34.8 Å². The van der Waals surface area contributed by atoms with E-state index in [1.54, 1.807) is 0 Å². The number of methoxy groups -OCH3 is 2. The van der Waals surface area contributed by atoms with Gasteiger partial charge >= 0.3 is 5.56 Å². The Kier molecular flexibility index (Phi) is 6.50. The minimum Gasteiger partial charge on any atom is -0.493 e. The lowest BCUT2D eigenvalue weighted by Crippen LogP contribution is -2.10. The lowest BCUT2D eigenvalue weighted by Gasteiger charge is -1.98. The summed E-state index contributed by atoms with van der Waals surface area (Å²) >= 11 is 16.5. The average molecular weight is 340 g/mol. The average Bonchev–Trinajstić information content (AvgIpc) is 2.44. The molecule has 0 fully saturated rings. The van der Waals surface area contributed by atoms with Gasteiger partial charge in [-0.05, 0) is 0 Å². The minimum atomic E-state index is -0.382. The maximum absolute atomic E-state index is 10.7. The van der Waals surface area contributed by atoms with E-state index in [1.165, 1.54) is 26.4 Å². The Morgan fingerprint density at radius 3 is 2.10 bits per heavy atom. The zero-order chi connectivity index (χ0) is 15.1. The second kappa shape index (κ2) is 7.88. The van der Waals surface area contributed by atoms with Gasteiger partial charge in [0, 0.05) is 12.1 Å². The summed E-state index contributed by atoms with van der Waals surface area (Å²) in [4.78, 5) is 10.7. The smallest absolute Gasteiger partial charge is 0.306 e. The van der Waals surface area contributed by atoms with Crippen molar-refractivity contribution in [1.29, 1.82) is 0 Å². The molecule has 0 aliphatic heterocycles. The molecule has 7 nitrogen and oxygen atoms in total. The first kappa shape index (κ1) is 16.5. The van der Waals surface area contributed by atoms with Gasteiger partial charge in [-0.15, -0.1) is 10.2 Å². The number of hydrogen-bond acceptors (Lipinski definition) is 6. The van der Waals surface area contributed by atoms with E-state index in [0.717, 1.165) is 0 Å². The second-order valence-electron chi connectivity index (χ2n) is 3.11. The van der Waals surface area contributed by atoms with Crippen LogP contribution in [0.5, 0.6) is 11.5 Å². The standard InChI is InChI=1S/C5H4Cl2N2O.C5H5ClN2O2/c1-10-3-2-4(6)8-9-5(3)7;1-10-3-2-4(6)7-8-5(3)9/h2H,1H3;2H,1H3,(H,8,9). The van der Waals surface area contributed by atoms with Crippen molar-refractivity contribution in [2.24, 2.45) is 0 Å². The fraction of sp³-hybridized carbons (Fsp3) is 0.200. The summed E-state index contributed by atoms with van der Waals surface area (Å²) in [5.74, 6) is 0.599. The number of aromatic amines is 1. The Bertz CT molecular complexity index is 635. The molecule has 1 N–H and O–H groups in total. The van der Waals surface area contributed by atoms with Crippen molar-refractivity contribution in [2.45, 2.75) is 0 Å². The van der Waals surface area contributed by atoms with Crippen LogP contribution in [0.3, 0.4) is 0 Å². The summed E-state index contributed by atoms with van der Waals surface area (Å²) in [5.41, 5.74) is -0.382. The predicted molar refractivity (Wildman–Crippen MR) is 75.0 cm³/mol. The van der Waals surface area contributed by atoms with Crippen LogP contribution in [0.1, 0.15) is 0 Å². The van der Waals surface area contributed by atoms with Gasteiger partial charge in [0.25, 0.3) is 0 Å². The van der Waals surface area contributed by atoms with Gasteiger partial charge in [-0.25, -0.2) is 5.10 Å². The molecule has 2 rings (SSSR count). The largest absolute Gasteiger partial charge is 0.493 e. The van der Waals surface area contributed by atoms with Gasteiger partial charge in [-0.2, -0.15) is 5.10 Å². The van der Waals surface area contributed by atoms with Crippen molar-refractivity contribution in [3.8, 4) is 11.5 Å². The minimum absolute atomic E-state index is 0.167. The third-order valence-electron chi connectivity index (χ3n) is 1.86. The molecular formula is C10H9Cl3N4O3. The van der Waals surface area contributed by atoms with E-state index >= 15 is 0 Å². The van der Waals surface area contributed by atoms with E-state index < -0.39 is 0 Å². The van der Waals surface area contributed by atoms with Crippen molar-refractivity contribution < 1.29 is 9.47 Å². The first-order valence-corrected chi connectivity index (χ1v) is 6.13. The molecule has 0 saturated carbocycles. The lowest BCUT2D eigenvalue weighted by atomic mass is 10.5. The number of hydrogen-bond donors (Lipinski definition) is 1. The van der Waals surface area contributed by atoms with E-state index in [2.05, 4.69) is 25.1 Å². The van der Waals surface area contributed by atoms with Crippen LogP contribution in [-0.2, 0) is 0 Å². The maximum Gasteiger partial charge on any atom is 0.306 e. The first-order chi connectivity index (χ1) is 9.47. The Hall–Kier alpha value is -1.57. The Balaban J connectivity index is 0.000000200. The van der Waals surface area contributed by atoms with Gasteiger partial charge < -0.3 is 9.47 Å². The van der Waals surface area contributed by atoms with Gasteiger partial charge in [0.05, 0.1) is 14.2 Å². The molecule has 2 aromatic rings. The second-order valence-corrected chi connectivity index (χ2v) is 4.25. The SMILES string of the molecule is COc1cc(Cl)n[nH]c1=O.COc1cc(Cl)nnc1Cl. The zero-order valence-corrected chi connectivity index (χ0v) is 12.6. The quantitative estimate of drug-likeness (QED) is 0.902. The van der Waals surface area contributed by atoms with Gasteiger partial charge in [0.2, 0.25) is 0 Å². The van der Waals surface area contributed by atoms with Crippen LogP contribution in [0.4, 0.5) is 0 Å². The van der Waals surface area contributed by atoms with E-state index in [0.29, 0.717) is 5.75 Å². The molecule has 108 valence electrons. The molecule has 0 radical (unpaired) electrons. The molecule has 10 heteroatoms. The number of nitrogens with one attached hydrogen (secondary N) is 1. The van der Waals surface area contributed by atoms with Crippen LogP contribution < -0.4 is 15.0 Å². The summed E-state index contributed by atoms with van der Waals surface area (Å²) in [7, 11) is 2.88. The van der Waals surface area contributed by atoms with Crippen molar-refractivity contribution in [1.82, 2.24) is 20.4 Å². The summed E-state index contributed by atoms with van der Waals surface area (Å²) in [6, 6.07) is 2.84. The number of nitrogens with zero attached hydrogens (tertiary/aromatic N) is 3. The van der Waals surface area contributed by atoms with Crippen LogP contribution in [0.2, 0.25) is 15.5 Å². The predicted octanol–water partition coefficient (Wildman–Crippen LogP) is 2.22. The molecule has 0 bridgehead atoms. The van der Waals surface area contributed by atoms with Crippen molar-refractivity contribution in [3.63, 3.8) is 0 Å². The first-order valence-electron chi connectivity index (χ1n) is 4.99. The number of H-pyrrole nitrogens is 1.